The second kappa shape index (κ2) is 5.35. The van der Waals surface area contributed by atoms with Gasteiger partial charge in [-0.1, -0.05) is 23.2 Å². The maximum absolute atomic E-state index is 12.3. The van der Waals surface area contributed by atoms with Crippen molar-refractivity contribution < 1.29 is 0 Å². The van der Waals surface area contributed by atoms with Crippen LogP contribution in [-0.2, 0) is 7.05 Å². The predicted octanol–water partition coefficient (Wildman–Crippen LogP) is 2.94. The van der Waals surface area contributed by atoms with Gasteiger partial charge in [-0.3, -0.25) is 4.98 Å². The summed E-state index contributed by atoms with van der Waals surface area (Å²) in [5.41, 5.74) is 1.04. The molecular formula is C14H10Cl2N4O. The van der Waals surface area contributed by atoms with Gasteiger partial charge in [-0.05, 0) is 30.3 Å². The number of rotatable bonds is 2. The highest BCUT2D eigenvalue weighted by Crippen LogP contribution is 2.26. The summed E-state index contributed by atoms with van der Waals surface area (Å²) in [6.45, 7) is 0. The number of hydrogen-bond donors (Lipinski definition) is 0. The molecule has 0 aliphatic carbocycles. The number of hydrogen-bond acceptors (Lipinski definition) is 3. The first-order valence-electron chi connectivity index (χ1n) is 6.10. The summed E-state index contributed by atoms with van der Waals surface area (Å²) in [5, 5.41) is 5.29. The van der Waals surface area contributed by atoms with Gasteiger partial charge in [0.05, 0.1) is 10.7 Å². The molecule has 0 N–H and O–H groups in total. The minimum atomic E-state index is -0.264. The fourth-order valence-corrected chi connectivity index (χ4v) is 2.35. The van der Waals surface area contributed by atoms with E-state index in [0.717, 1.165) is 0 Å². The Bertz CT molecular complexity index is 852. The summed E-state index contributed by atoms with van der Waals surface area (Å²) in [5.74, 6) is 0.456. The summed E-state index contributed by atoms with van der Waals surface area (Å²) in [6.07, 6.45) is 3.12. The largest absolute Gasteiger partial charge is 0.350 e. The van der Waals surface area contributed by atoms with Crippen molar-refractivity contribution in [2.45, 2.75) is 0 Å². The Labute approximate surface area is 130 Å². The fourth-order valence-electron chi connectivity index (χ4n) is 2.02. The zero-order valence-electron chi connectivity index (χ0n) is 11.0. The molecule has 0 radical (unpaired) electrons. The number of nitrogens with zero attached hydrogens (tertiary/aromatic N) is 4. The van der Waals surface area contributed by atoms with Crippen molar-refractivity contribution in [3.63, 3.8) is 0 Å². The van der Waals surface area contributed by atoms with Gasteiger partial charge in [0, 0.05) is 30.0 Å². The van der Waals surface area contributed by atoms with Crippen LogP contribution in [0.3, 0.4) is 0 Å². The monoisotopic (exact) mass is 320 g/mol. The molecule has 3 aromatic rings. The molecule has 7 heteroatoms. The van der Waals surface area contributed by atoms with E-state index in [1.165, 1.54) is 15.4 Å². The van der Waals surface area contributed by atoms with Crippen molar-refractivity contribution >= 4 is 23.2 Å². The van der Waals surface area contributed by atoms with Crippen LogP contribution in [0.4, 0.5) is 0 Å². The molecule has 2 heterocycles. The van der Waals surface area contributed by atoms with Crippen LogP contribution in [0.15, 0.2) is 47.5 Å². The van der Waals surface area contributed by atoms with Crippen molar-refractivity contribution in [2.24, 2.45) is 7.05 Å². The number of pyridine rings is 1. The van der Waals surface area contributed by atoms with Gasteiger partial charge < -0.3 is 0 Å². The van der Waals surface area contributed by atoms with Crippen LogP contribution in [0.5, 0.6) is 0 Å². The van der Waals surface area contributed by atoms with E-state index in [1.807, 2.05) is 0 Å². The van der Waals surface area contributed by atoms with Crippen LogP contribution in [0.25, 0.3) is 17.1 Å². The Morgan fingerprint density at radius 2 is 1.81 bits per heavy atom. The van der Waals surface area contributed by atoms with E-state index in [9.17, 15) is 4.79 Å². The van der Waals surface area contributed by atoms with Crippen LogP contribution < -0.4 is 5.69 Å². The molecule has 2 aromatic heterocycles. The summed E-state index contributed by atoms with van der Waals surface area (Å²) in [6, 6.07) is 8.66. The first-order chi connectivity index (χ1) is 10.1. The summed E-state index contributed by atoms with van der Waals surface area (Å²) in [4.78, 5) is 16.3. The number of benzene rings is 1. The van der Waals surface area contributed by atoms with E-state index in [4.69, 9.17) is 23.2 Å². The third-order valence-corrected chi connectivity index (χ3v) is 3.58. The molecule has 0 amide bonds. The molecule has 0 bridgehead atoms. The van der Waals surface area contributed by atoms with E-state index in [1.54, 1.807) is 43.6 Å². The van der Waals surface area contributed by atoms with Crippen molar-refractivity contribution in [1.29, 1.82) is 0 Å². The van der Waals surface area contributed by atoms with Crippen LogP contribution in [0.1, 0.15) is 0 Å². The molecule has 0 saturated carbocycles. The summed E-state index contributed by atoms with van der Waals surface area (Å²) in [7, 11) is 1.59. The molecule has 21 heavy (non-hydrogen) atoms. The molecule has 0 fully saturated rings. The van der Waals surface area contributed by atoms with Crippen molar-refractivity contribution in [1.82, 2.24) is 19.3 Å². The Hall–Kier alpha value is -2.11. The van der Waals surface area contributed by atoms with Gasteiger partial charge in [-0.15, -0.1) is 5.10 Å². The van der Waals surface area contributed by atoms with E-state index in [2.05, 4.69) is 10.1 Å². The summed E-state index contributed by atoms with van der Waals surface area (Å²) < 4.78 is 2.75. The highest BCUT2D eigenvalue weighted by atomic mass is 35.5. The van der Waals surface area contributed by atoms with Crippen LogP contribution in [0.2, 0.25) is 10.0 Å². The summed E-state index contributed by atoms with van der Waals surface area (Å²) >= 11 is 12.0. The Balaban J connectivity index is 2.28. The van der Waals surface area contributed by atoms with Gasteiger partial charge in [-0.25, -0.2) is 14.0 Å². The molecule has 0 saturated heterocycles. The van der Waals surface area contributed by atoms with E-state index in [-0.39, 0.29) is 5.69 Å². The standard InChI is InChI=1S/C14H10Cl2N4O/c1-19-14(21)20(10-4-2-9(15)3-5-10)13(18-19)11-6-7-17-8-12(11)16/h2-8H,1H3. The van der Waals surface area contributed by atoms with Gasteiger partial charge in [0.2, 0.25) is 0 Å². The first kappa shape index (κ1) is 13.9. The van der Waals surface area contributed by atoms with Crippen LogP contribution in [-0.4, -0.2) is 19.3 Å². The van der Waals surface area contributed by atoms with Crippen LogP contribution >= 0.6 is 23.2 Å². The topological polar surface area (TPSA) is 52.7 Å². The SMILES string of the molecule is Cn1nc(-c2ccncc2Cl)n(-c2ccc(Cl)cc2)c1=O. The zero-order valence-corrected chi connectivity index (χ0v) is 12.5. The quantitative estimate of drug-likeness (QED) is 0.729. The zero-order chi connectivity index (χ0) is 15.0. The van der Waals surface area contributed by atoms with Gasteiger partial charge in [0.1, 0.15) is 0 Å². The average molecular weight is 321 g/mol. The lowest BCUT2D eigenvalue weighted by Crippen LogP contribution is -2.21. The van der Waals surface area contributed by atoms with E-state index in [0.29, 0.717) is 27.1 Å². The molecule has 3 rings (SSSR count). The maximum Gasteiger partial charge on any atom is 0.350 e. The molecule has 0 unspecified atom stereocenters. The first-order valence-corrected chi connectivity index (χ1v) is 6.85. The third-order valence-electron chi connectivity index (χ3n) is 3.02. The van der Waals surface area contributed by atoms with Crippen molar-refractivity contribution in [3.05, 3.63) is 63.3 Å². The molecule has 1 aromatic carbocycles. The number of aryl methyl sites for hydroxylation is 1. The number of aromatic nitrogens is 4. The van der Waals surface area contributed by atoms with Crippen molar-refractivity contribution in [3.8, 4) is 17.1 Å². The van der Waals surface area contributed by atoms with Gasteiger partial charge in [0.15, 0.2) is 5.82 Å². The molecule has 0 atom stereocenters. The Morgan fingerprint density at radius 1 is 1.10 bits per heavy atom. The van der Waals surface area contributed by atoms with E-state index >= 15 is 0 Å². The predicted molar refractivity (Wildman–Crippen MR) is 82.1 cm³/mol. The highest BCUT2D eigenvalue weighted by molar-refractivity contribution is 6.33. The smallest absolute Gasteiger partial charge is 0.263 e. The molecule has 0 aliphatic heterocycles. The Morgan fingerprint density at radius 3 is 2.48 bits per heavy atom. The average Bonchev–Trinajstić information content (AvgIpc) is 2.76. The van der Waals surface area contributed by atoms with Gasteiger partial charge >= 0.3 is 5.69 Å². The minimum absolute atomic E-state index is 0.264. The number of halogens is 2. The minimum Gasteiger partial charge on any atom is -0.263 e. The molecule has 0 aliphatic rings. The third kappa shape index (κ3) is 2.46. The molecule has 106 valence electrons. The maximum atomic E-state index is 12.3. The van der Waals surface area contributed by atoms with E-state index < -0.39 is 0 Å². The lowest BCUT2D eigenvalue weighted by Gasteiger charge is -2.06. The molecular weight excluding hydrogens is 311 g/mol. The molecule has 5 nitrogen and oxygen atoms in total. The van der Waals surface area contributed by atoms with Crippen LogP contribution in [0, 0.1) is 0 Å². The molecule has 0 spiro atoms. The van der Waals surface area contributed by atoms with Gasteiger partial charge in [-0.2, -0.15) is 0 Å². The van der Waals surface area contributed by atoms with Gasteiger partial charge in [0.25, 0.3) is 0 Å². The second-order valence-electron chi connectivity index (χ2n) is 4.40. The lowest BCUT2D eigenvalue weighted by molar-refractivity contribution is 0.727. The highest BCUT2D eigenvalue weighted by Gasteiger charge is 2.17. The lowest BCUT2D eigenvalue weighted by atomic mass is 10.2. The Kier molecular flexibility index (Phi) is 3.53. The normalized spacial score (nSPS) is 10.8. The fraction of sp³-hybridized carbons (Fsp3) is 0.0714. The van der Waals surface area contributed by atoms with Crippen molar-refractivity contribution in [2.75, 3.05) is 0 Å². The second-order valence-corrected chi connectivity index (χ2v) is 5.24.